The van der Waals surface area contributed by atoms with Crippen LogP contribution in [-0.2, 0) is 20.7 Å². The number of ketones is 1. The molecule has 0 saturated heterocycles. The lowest BCUT2D eigenvalue weighted by Gasteiger charge is -2.09. The van der Waals surface area contributed by atoms with Gasteiger partial charge in [-0.25, -0.2) is 0 Å². The smallest absolute Gasteiger partial charge is 0.310 e. The normalized spacial score (nSPS) is 11.9. The molecule has 0 N–H and O–H groups in total. The van der Waals surface area contributed by atoms with Crippen LogP contribution in [0.2, 0.25) is 0 Å². The van der Waals surface area contributed by atoms with E-state index in [4.69, 9.17) is 4.74 Å². The number of carbonyl (C=O) groups excluding carboxylic acids is 2. The lowest BCUT2D eigenvalue weighted by Crippen LogP contribution is -2.22. The van der Waals surface area contributed by atoms with Crippen molar-refractivity contribution < 1.29 is 14.3 Å². The van der Waals surface area contributed by atoms with E-state index in [2.05, 4.69) is 0 Å². The van der Waals surface area contributed by atoms with Gasteiger partial charge in [0, 0.05) is 0 Å². The first-order valence-corrected chi connectivity index (χ1v) is 4.83. The summed E-state index contributed by atoms with van der Waals surface area (Å²) in [5.41, 5.74) is 0.887. The Morgan fingerprint density at radius 1 is 1.27 bits per heavy atom. The Kier molecular flexibility index (Phi) is 4.03. The zero-order valence-electron chi connectivity index (χ0n) is 8.90. The van der Waals surface area contributed by atoms with E-state index in [0.29, 0.717) is 0 Å². The molecule has 1 aromatic carbocycles. The predicted octanol–water partition coefficient (Wildman–Crippen LogP) is 1.75. The van der Waals surface area contributed by atoms with Crippen molar-refractivity contribution in [2.24, 2.45) is 0 Å². The largest absolute Gasteiger partial charge is 0.454 e. The summed E-state index contributed by atoms with van der Waals surface area (Å²) in [6.45, 7) is 2.98. The summed E-state index contributed by atoms with van der Waals surface area (Å²) >= 11 is 0. The Bertz CT molecular complexity index is 343. The van der Waals surface area contributed by atoms with Gasteiger partial charge < -0.3 is 4.74 Å². The van der Waals surface area contributed by atoms with Crippen LogP contribution in [0.1, 0.15) is 19.4 Å². The zero-order valence-corrected chi connectivity index (χ0v) is 8.90. The van der Waals surface area contributed by atoms with Gasteiger partial charge in [-0.1, -0.05) is 30.3 Å². The maximum absolute atomic E-state index is 11.4. The molecular weight excluding hydrogens is 192 g/mol. The summed E-state index contributed by atoms with van der Waals surface area (Å²) in [4.78, 5) is 22.2. The summed E-state index contributed by atoms with van der Waals surface area (Å²) in [6.07, 6.45) is -0.445. The van der Waals surface area contributed by atoms with E-state index in [0.717, 1.165) is 5.56 Å². The van der Waals surface area contributed by atoms with E-state index < -0.39 is 6.10 Å². The molecule has 1 aromatic rings. The minimum Gasteiger partial charge on any atom is -0.454 e. The average Bonchev–Trinajstić information content (AvgIpc) is 2.18. The molecule has 1 rings (SSSR count). The van der Waals surface area contributed by atoms with Crippen LogP contribution in [0.15, 0.2) is 30.3 Å². The van der Waals surface area contributed by atoms with Crippen LogP contribution in [0.3, 0.4) is 0 Å². The zero-order chi connectivity index (χ0) is 11.3. The number of Topliss-reactive ketones (excluding diaryl/α,β-unsaturated/α-hetero) is 1. The highest BCUT2D eigenvalue weighted by Gasteiger charge is 2.13. The molecule has 1 atom stereocenters. The third-order valence-corrected chi connectivity index (χ3v) is 2.07. The summed E-state index contributed by atoms with van der Waals surface area (Å²) in [5.74, 6) is -0.514. The van der Waals surface area contributed by atoms with Gasteiger partial charge in [0.2, 0.25) is 0 Å². The molecule has 0 aliphatic heterocycles. The van der Waals surface area contributed by atoms with Crippen molar-refractivity contribution in [1.82, 2.24) is 0 Å². The second kappa shape index (κ2) is 5.29. The Labute approximate surface area is 89.1 Å². The molecule has 0 bridgehead atoms. The number of carbonyl (C=O) groups is 2. The van der Waals surface area contributed by atoms with Crippen LogP contribution in [0, 0.1) is 0 Å². The Hall–Kier alpha value is -1.64. The fourth-order valence-electron chi connectivity index (χ4n) is 1.08. The third kappa shape index (κ3) is 3.94. The van der Waals surface area contributed by atoms with Crippen molar-refractivity contribution in [3.05, 3.63) is 35.9 Å². The third-order valence-electron chi connectivity index (χ3n) is 2.07. The fraction of sp³-hybridized carbons (Fsp3) is 0.333. The van der Waals surface area contributed by atoms with E-state index in [-0.39, 0.29) is 18.2 Å². The van der Waals surface area contributed by atoms with Gasteiger partial charge in [0.15, 0.2) is 11.9 Å². The van der Waals surface area contributed by atoms with E-state index in [1.807, 2.05) is 30.3 Å². The van der Waals surface area contributed by atoms with Gasteiger partial charge in [0.05, 0.1) is 6.42 Å². The van der Waals surface area contributed by atoms with Crippen LogP contribution < -0.4 is 0 Å². The standard InChI is InChI=1S/C12H14O3/c1-9(13)10(2)15-12(14)8-11-6-4-3-5-7-11/h3-7,10H,8H2,1-2H3. The van der Waals surface area contributed by atoms with Gasteiger partial charge in [-0.05, 0) is 19.4 Å². The second-order valence-electron chi connectivity index (χ2n) is 3.41. The highest BCUT2D eigenvalue weighted by atomic mass is 16.5. The first-order valence-electron chi connectivity index (χ1n) is 4.83. The van der Waals surface area contributed by atoms with Crippen molar-refractivity contribution in [2.45, 2.75) is 26.4 Å². The number of esters is 1. The van der Waals surface area contributed by atoms with Crippen molar-refractivity contribution in [3.63, 3.8) is 0 Å². The molecule has 0 amide bonds. The number of benzene rings is 1. The van der Waals surface area contributed by atoms with Crippen molar-refractivity contribution in [2.75, 3.05) is 0 Å². The fourth-order valence-corrected chi connectivity index (χ4v) is 1.08. The quantitative estimate of drug-likeness (QED) is 0.705. The molecule has 0 heterocycles. The minimum atomic E-state index is -0.652. The lowest BCUT2D eigenvalue weighted by atomic mass is 10.1. The summed E-state index contributed by atoms with van der Waals surface area (Å²) < 4.78 is 4.93. The maximum Gasteiger partial charge on any atom is 0.310 e. The topological polar surface area (TPSA) is 43.4 Å². The Balaban J connectivity index is 2.47. The predicted molar refractivity (Wildman–Crippen MR) is 56.4 cm³/mol. The van der Waals surface area contributed by atoms with Gasteiger partial charge in [-0.2, -0.15) is 0 Å². The van der Waals surface area contributed by atoms with Crippen molar-refractivity contribution in [3.8, 4) is 0 Å². The number of hydrogen-bond donors (Lipinski definition) is 0. The molecule has 0 saturated carbocycles. The molecule has 0 fully saturated rings. The molecule has 0 spiro atoms. The highest BCUT2D eigenvalue weighted by Crippen LogP contribution is 2.02. The van der Waals surface area contributed by atoms with Gasteiger partial charge in [-0.3, -0.25) is 9.59 Å². The first kappa shape index (κ1) is 11.4. The summed E-state index contributed by atoms with van der Waals surface area (Å²) in [6, 6.07) is 9.29. The van der Waals surface area contributed by atoms with Gasteiger partial charge in [0.1, 0.15) is 0 Å². The molecule has 0 aliphatic carbocycles. The summed E-state index contributed by atoms with van der Waals surface area (Å²) in [5, 5.41) is 0. The lowest BCUT2D eigenvalue weighted by molar-refractivity contribution is -0.152. The molecule has 1 unspecified atom stereocenters. The monoisotopic (exact) mass is 206 g/mol. The van der Waals surface area contributed by atoms with Crippen molar-refractivity contribution in [1.29, 1.82) is 0 Å². The number of hydrogen-bond acceptors (Lipinski definition) is 3. The van der Waals surface area contributed by atoms with Crippen LogP contribution in [0.5, 0.6) is 0 Å². The number of ether oxygens (including phenoxy) is 1. The van der Waals surface area contributed by atoms with Crippen LogP contribution in [0.25, 0.3) is 0 Å². The molecular formula is C12H14O3. The minimum absolute atomic E-state index is 0.142. The number of rotatable bonds is 4. The molecule has 3 heteroatoms. The van der Waals surface area contributed by atoms with Crippen LogP contribution in [0.4, 0.5) is 0 Å². The van der Waals surface area contributed by atoms with Gasteiger partial charge >= 0.3 is 5.97 Å². The molecule has 0 aromatic heterocycles. The highest BCUT2D eigenvalue weighted by molar-refractivity contribution is 5.83. The van der Waals surface area contributed by atoms with E-state index >= 15 is 0 Å². The second-order valence-corrected chi connectivity index (χ2v) is 3.41. The molecule has 80 valence electrons. The van der Waals surface area contributed by atoms with Gasteiger partial charge in [0.25, 0.3) is 0 Å². The molecule has 0 aliphatic rings. The Morgan fingerprint density at radius 3 is 2.40 bits per heavy atom. The van der Waals surface area contributed by atoms with Crippen LogP contribution in [-0.4, -0.2) is 17.9 Å². The molecule has 3 nitrogen and oxygen atoms in total. The van der Waals surface area contributed by atoms with E-state index in [1.54, 1.807) is 6.92 Å². The van der Waals surface area contributed by atoms with E-state index in [1.165, 1.54) is 6.92 Å². The first-order chi connectivity index (χ1) is 7.09. The molecule has 0 radical (unpaired) electrons. The molecule has 15 heavy (non-hydrogen) atoms. The Morgan fingerprint density at radius 2 is 1.87 bits per heavy atom. The average molecular weight is 206 g/mol. The van der Waals surface area contributed by atoms with Gasteiger partial charge in [-0.15, -0.1) is 0 Å². The summed E-state index contributed by atoms with van der Waals surface area (Å²) in [7, 11) is 0. The van der Waals surface area contributed by atoms with E-state index in [9.17, 15) is 9.59 Å². The maximum atomic E-state index is 11.4. The SMILES string of the molecule is CC(=O)C(C)OC(=O)Cc1ccccc1. The van der Waals surface area contributed by atoms with Crippen molar-refractivity contribution >= 4 is 11.8 Å². The van der Waals surface area contributed by atoms with Crippen LogP contribution >= 0.6 is 0 Å².